The molecule has 1 N–H and O–H groups in total. The zero-order valence-electron chi connectivity index (χ0n) is 15.6. The van der Waals surface area contributed by atoms with Crippen LogP contribution in [0.2, 0.25) is 0 Å². The van der Waals surface area contributed by atoms with E-state index in [1.54, 1.807) is 0 Å². The first-order chi connectivity index (χ1) is 12.0. The lowest BCUT2D eigenvalue weighted by Gasteiger charge is -2.42. The quantitative estimate of drug-likeness (QED) is 0.839. The van der Waals surface area contributed by atoms with E-state index in [0.29, 0.717) is 13.2 Å². The van der Waals surface area contributed by atoms with Crippen LogP contribution in [0.15, 0.2) is 0 Å². The fraction of sp³-hybridized carbons (Fsp3) is 0.824. The second-order valence-electron chi connectivity index (χ2n) is 7.42. The van der Waals surface area contributed by atoms with E-state index in [4.69, 9.17) is 4.74 Å². The number of aromatic amines is 1. The van der Waals surface area contributed by atoms with Gasteiger partial charge in [-0.2, -0.15) is 5.10 Å². The van der Waals surface area contributed by atoms with Gasteiger partial charge in [0.15, 0.2) is 5.82 Å². The molecule has 0 saturated carbocycles. The molecule has 0 unspecified atom stereocenters. The topological polar surface area (TPSA) is 77.6 Å². The summed E-state index contributed by atoms with van der Waals surface area (Å²) < 4.78 is 5.42. The number of hydrogen-bond donors (Lipinski definition) is 1. The van der Waals surface area contributed by atoms with Crippen molar-refractivity contribution in [3.8, 4) is 0 Å². The Labute approximate surface area is 149 Å². The third-order valence-corrected chi connectivity index (χ3v) is 5.21. The Hall–Kier alpha value is -1.51. The van der Waals surface area contributed by atoms with Gasteiger partial charge < -0.3 is 9.64 Å². The van der Waals surface area contributed by atoms with E-state index in [2.05, 4.69) is 25.0 Å². The standard InChI is InChI=1S/C17H30N6O2/c1-14-18-15(20-19-14)13-21-5-4-6-22(8-7-21)16(24)17(2,3)23-9-11-25-12-10-23/h4-13H2,1-3H3,(H,18,19,20). The summed E-state index contributed by atoms with van der Waals surface area (Å²) in [6.07, 6.45) is 0.980. The van der Waals surface area contributed by atoms with E-state index in [1.165, 1.54) is 0 Å². The molecule has 0 radical (unpaired) electrons. The fourth-order valence-electron chi connectivity index (χ4n) is 3.64. The molecule has 2 aliphatic rings. The average molecular weight is 350 g/mol. The maximum atomic E-state index is 13.1. The van der Waals surface area contributed by atoms with Gasteiger partial charge in [0.25, 0.3) is 0 Å². The molecule has 2 aliphatic heterocycles. The van der Waals surface area contributed by atoms with Gasteiger partial charge in [0.1, 0.15) is 5.82 Å². The van der Waals surface area contributed by atoms with Crippen LogP contribution in [-0.4, -0.2) is 93.8 Å². The molecule has 0 atom stereocenters. The Bertz CT molecular complexity index is 581. The Morgan fingerprint density at radius 1 is 1.16 bits per heavy atom. The molecule has 8 nitrogen and oxygen atoms in total. The minimum Gasteiger partial charge on any atom is -0.379 e. The number of carbonyl (C=O) groups is 1. The first-order valence-corrected chi connectivity index (χ1v) is 9.19. The molecule has 0 bridgehead atoms. The molecule has 1 amide bonds. The highest BCUT2D eigenvalue weighted by molar-refractivity contribution is 5.85. The number of hydrogen-bond acceptors (Lipinski definition) is 6. The number of ether oxygens (including phenoxy) is 1. The smallest absolute Gasteiger partial charge is 0.242 e. The molecule has 2 saturated heterocycles. The molecule has 0 aliphatic carbocycles. The van der Waals surface area contributed by atoms with Gasteiger partial charge in [-0.15, -0.1) is 0 Å². The SMILES string of the molecule is Cc1nc(CN2CCCN(C(=O)C(C)(C)N3CCOCC3)CC2)n[nH]1. The molecule has 0 spiro atoms. The summed E-state index contributed by atoms with van der Waals surface area (Å²) in [5, 5.41) is 7.11. The second-order valence-corrected chi connectivity index (χ2v) is 7.42. The van der Waals surface area contributed by atoms with Gasteiger partial charge in [-0.3, -0.25) is 19.7 Å². The Morgan fingerprint density at radius 3 is 2.60 bits per heavy atom. The van der Waals surface area contributed by atoms with E-state index < -0.39 is 5.54 Å². The second kappa shape index (κ2) is 7.80. The lowest BCUT2D eigenvalue weighted by Crippen LogP contribution is -2.59. The van der Waals surface area contributed by atoms with Gasteiger partial charge in [0.2, 0.25) is 5.91 Å². The molecule has 3 heterocycles. The molecular formula is C17H30N6O2. The largest absolute Gasteiger partial charge is 0.379 e. The van der Waals surface area contributed by atoms with Crippen molar-refractivity contribution in [2.45, 2.75) is 39.3 Å². The van der Waals surface area contributed by atoms with Crippen LogP contribution in [0.5, 0.6) is 0 Å². The normalized spacial score (nSPS) is 21.3. The van der Waals surface area contributed by atoms with E-state index >= 15 is 0 Å². The minimum atomic E-state index is -0.472. The first-order valence-electron chi connectivity index (χ1n) is 9.19. The van der Waals surface area contributed by atoms with Crippen LogP contribution in [0, 0.1) is 6.92 Å². The monoisotopic (exact) mass is 350 g/mol. The van der Waals surface area contributed by atoms with Gasteiger partial charge >= 0.3 is 0 Å². The van der Waals surface area contributed by atoms with Crippen molar-refractivity contribution in [3.63, 3.8) is 0 Å². The van der Waals surface area contributed by atoms with Gasteiger partial charge in [-0.25, -0.2) is 4.98 Å². The van der Waals surface area contributed by atoms with Gasteiger partial charge in [0, 0.05) is 39.3 Å². The summed E-state index contributed by atoms with van der Waals surface area (Å²) in [7, 11) is 0. The number of aromatic nitrogens is 3. The van der Waals surface area contributed by atoms with Crippen LogP contribution in [0.3, 0.4) is 0 Å². The number of nitrogens with zero attached hydrogens (tertiary/aromatic N) is 5. The van der Waals surface area contributed by atoms with Crippen LogP contribution >= 0.6 is 0 Å². The van der Waals surface area contributed by atoms with Crippen molar-refractivity contribution in [1.29, 1.82) is 0 Å². The molecule has 140 valence electrons. The van der Waals surface area contributed by atoms with Crippen molar-refractivity contribution in [3.05, 3.63) is 11.6 Å². The van der Waals surface area contributed by atoms with Gasteiger partial charge in [-0.1, -0.05) is 0 Å². The summed E-state index contributed by atoms with van der Waals surface area (Å²) in [5.74, 6) is 1.89. The predicted molar refractivity (Wildman–Crippen MR) is 94.1 cm³/mol. The van der Waals surface area contributed by atoms with Crippen molar-refractivity contribution in [2.75, 3.05) is 52.5 Å². The first kappa shape index (κ1) is 18.3. The predicted octanol–water partition coefficient (Wildman–Crippen LogP) is 0.258. The van der Waals surface area contributed by atoms with Crippen molar-refractivity contribution in [1.82, 2.24) is 29.9 Å². The molecule has 2 fully saturated rings. The van der Waals surface area contributed by atoms with Crippen LogP contribution in [0.4, 0.5) is 0 Å². The number of H-pyrrole nitrogens is 1. The molecule has 1 aromatic rings. The molecule has 1 aromatic heterocycles. The number of rotatable bonds is 4. The minimum absolute atomic E-state index is 0.227. The van der Waals surface area contributed by atoms with Crippen LogP contribution in [0.25, 0.3) is 0 Å². The zero-order valence-corrected chi connectivity index (χ0v) is 15.6. The van der Waals surface area contributed by atoms with E-state index in [1.807, 2.05) is 25.7 Å². The number of morpholine rings is 1. The lowest BCUT2D eigenvalue weighted by atomic mass is 9.99. The highest BCUT2D eigenvalue weighted by Gasteiger charge is 2.38. The Morgan fingerprint density at radius 2 is 1.92 bits per heavy atom. The third kappa shape index (κ3) is 4.37. The summed E-state index contributed by atoms with van der Waals surface area (Å²) in [5.41, 5.74) is -0.472. The molecule has 0 aromatic carbocycles. The molecule has 25 heavy (non-hydrogen) atoms. The van der Waals surface area contributed by atoms with Gasteiger partial charge in [0.05, 0.1) is 25.3 Å². The number of carbonyl (C=O) groups excluding carboxylic acids is 1. The average Bonchev–Trinajstić information content (AvgIpc) is 2.88. The molecule has 8 heteroatoms. The summed E-state index contributed by atoms with van der Waals surface area (Å²) in [6, 6.07) is 0. The number of aryl methyl sites for hydroxylation is 1. The van der Waals surface area contributed by atoms with Crippen molar-refractivity contribution in [2.24, 2.45) is 0 Å². The number of nitrogens with one attached hydrogen (secondary N) is 1. The lowest BCUT2D eigenvalue weighted by molar-refractivity contribution is -0.145. The maximum Gasteiger partial charge on any atom is 0.242 e. The van der Waals surface area contributed by atoms with E-state index in [-0.39, 0.29) is 5.91 Å². The van der Waals surface area contributed by atoms with Crippen LogP contribution in [0.1, 0.15) is 31.9 Å². The fourth-order valence-corrected chi connectivity index (χ4v) is 3.64. The van der Waals surface area contributed by atoms with E-state index in [9.17, 15) is 4.79 Å². The molecular weight excluding hydrogens is 320 g/mol. The summed E-state index contributed by atoms with van der Waals surface area (Å²) in [6.45, 7) is 13.2. The van der Waals surface area contributed by atoms with Crippen molar-refractivity contribution >= 4 is 5.91 Å². The highest BCUT2D eigenvalue weighted by Crippen LogP contribution is 2.20. The Kier molecular flexibility index (Phi) is 5.71. The van der Waals surface area contributed by atoms with E-state index in [0.717, 1.165) is 63.9 Å². The maximum absolute atomic E-state index is 13.1. The highest BCUT2D eigenvalue weighted by atomic mass is 16.5. The third-order valence-electron chi connectivity index (χ3n) is 5.21. The van der Waals surface area contributed by atoms with Crippen molar-refractivity contribution < 1.29 is 9.53 Å². The summed E-state index contributed by atoms with van der Waals surface area (Å²) in [4.78, 5) is 24.1. The van der Waals surface area contributed by atoms with Gasteiger partial charge in [-0.05, 0) is 27.2 Å². The summed E-state index contributed by atoms with van der Waals surface area (Å²) >= 11 is 0. The molecule has 3 rings (SSSR count). The number of amides is 1. The zero-order chi connectivity index (χ0) is 17.9. The van der Waals surface area contributed by atoms with Crippen LogP contribution in [-0.2, 0) is 16.1 Å². The Balaban J connectivity index is 1.57. The van der Waals surface area contributed by atoms with Crippen LogP contribution < -0.4 is 0 Å².